The molecule has 2 aliphatic heterocycles. The number of H-pyrrole nitrogens is 1. The molecule has 2 unspecified atom stereocenters. The van der Waals surface area contributed by atoms with Gasteiger partial charge in [-0.2, -0.15) is 8.78 Å². The van der Waals surface area contributed by atoms with E-state index in [9.17, 15) is 22.4 Å². The van der Waals surface area contributed by atoms with Gasteiger partial charge in [0.1, 0.15) is 23.1 Å². The maximum absolute atomic E-state index is 14.9. The molecule has 6 nitrogen and oxygen atoms in total. The van der Waals surface area contributed by atoms with Crippen LogP contribution < -0.4 is 9.64 Å². The standard InChI is InChI=1S/C29H28F4N2O4/c30-23-9-16(28(36)37)10-24(31)27(23)35-17-7-8-18(35)12-19(11-17)38-14-22-21(13-34-26(22)15-5-6-15)20-3-1-2-4-25(20)39-29(32)33/h1-4,9-10,13,15,17-19,29,34H,5-8,11-12,14H2,(H,36,37). The molecule has 2 atom stereocenters. The Balaban J connectivity index is 1.21. The molecular weight excluding hydrogens is 516 g/mol. The number of carbonyl (C=O) groups is 1. The smallest absolute Gasteiger partial charge is 0.387 e. The lowest BCUT2D eigenvalue weighted by Gasteiger charge is -2.40. The van der Waals surface area contributed by atoms with Crippen LogP contribution in [0, 0.1) is 11.6 Å². The third-order valence-corrected chi connectivity index (χ3v) is 8.08. The highest BCUT2D eigenvalue weighted by molar-refractivity contribution is 5.88. The lowest BCUT2D eigenvalue weighted by Crippen LogP contribution is -2.46. The maximum atomic E-state index is 14.9. The molecule has 0 amide bonds. The normalized spacial score (nSPS) is 22.5. The van der Waals surface area contributed by atoms with Crippen molar-refractivity contribution in [3.05, 3.63) is 71.1 Å². The molecule has 3 aliphatic rings. The van der Waals surface area contributed by atoms with E-state index in [1.807, 2.05) is 6.20 Å². The number of aromatic nitrogens is 1. The number of anilines is 1. The van der Waals surface area contributed by atoms with Crippen LogP contribution in [0.2, 0.25) is 0 Å². The van der Waals surface area contributed by atoms with Crippen LogP contribution in [0.1, 0.15) is 66.1 Å². The van der Waals surface area contributed by atoms with Crippen LogP contribution in [0.25, 0.3) is 11.1 Å². The molecule has 0 spiro atoms. The summed E-state index contributed by atoms with van der Waals surface area (Å²) in [4.78, 5) is 16.3. The van der Waals surface area contributed by atoms with E-state index in [1.165, 1.54) is 6.07 Å². The summed E-state index contributed by atoms with van der Waals surface area (Å²) >= 11 is 0. The lowest BCUT2D eigenvalue weighted by atomic mass is 9.97. The molecule has 3 fully saturated rings. The Labute approximate surface area is 222 Å². The van der Waals surface area contributed by atoms with Gasteiger partial charge in [-0.3, -0.25) is 0 Å². The summed E-state index contributed by atoms with van der Waals surface area (Å²) in [6.07, 6.45) is 6.41. The number of nitrogens with one attached hydrogen (secondary N) is 1. The second-order valence-electron chi connectivity index (χ2n) is 10.5. The van der Waals surface area contributed by atoms with E-state index in [0.29, 0.717) is 24.3 Å². The van der Waals surface area contributed by atoms with Gasteiger partial charge < -0.3 is 24.5 Å². The molecule has 6 rings (SSSR count). The second-order valence-corrected chi connectivity index (χ2v) is 10.5. The Morgan fingerprint density at radius 2 is 1.69 bits per heavy atom. The minimum absolute atomic E-state index is 0.0967. The summed E-state index contributed by atoms with van der Waals surface area (Å²) in [5, 5.41) is 9.12. The minimum Gasteiger partial charge on any atom is -0.478 e. The first-order valence-corrected chi connectivity index (χ1v) is 13.2. The molecule has 0 radical (unpaired) electrons. The fourth-order valence-corrected chi connectivity index (χ4v) is 6.25. The SMILES string of the molecule is O=C(O)c1cc(F)c(N2C3CCC2CC(OCc2c(-c4ccccc4OC(F)F)c[nH]c2C2CC2)C3)c(F)c1. The van der Waals surface area contributed by atoms with Crippen LogP contribution in [0.4, 0.5) is 23.2 Å². The average molecular weight is 545 g/mol. The van der Waals surface area contributed by atoms with Crippen molar-refractivity contribution in [2.45, 2.75) is 75.8 Å². The number of hydrogen-bond donors (Lipinski definition) is 2. The number of nitrogens with zero attached hydrogens (tertiary/aromatic N) is 1. The second kappa shape index (κ2) is 10.2. The topological polar surface area (TPSA) is 74.8 Å². The zero-order valence-electron chi connectivity index (χ0n) is 21.0. The number of aromatic carboxylic acids is 1. The van der Waals surface area contributed by atoms with Crippen molar-refractivity contribution in [1.82, 2.24) is 4.98 Å². The highest BCUT2D eigenvalue weighted by Gasteiger charge is 2.43. The number of ether oxygens (including phenoxy) is 2. The van der Waals surface area contributed by atoms with E-state index in [-0.39, 0.29) is 36.2 Å². The van der Waals surface area contributed by atoms with E-state index in [4.69, 9.17) is 14.6 Å². The number of fused-ring (bicyclic) bond motifs is 2. The summed E-state index contributed by atoms with van der Waals surface area (Å²) in [5.74, 6) is -2.66. The summed E-state index contributed by atoms with van der Waals surface area (Å²) in [6, 6.07) is 8.15. The largest absolute Gasteiger partial charge is 0.478 e. The van der Waals surface area contributed by atoms with Gasteiger partial charge >= 0.3 is 12.6 Å². The number of aromatic amines is 1. The van der Waals surface area contributed by atoms with Gasteiger partial charge in [0.25, 0.3) is 0 Å². The maximum Gasteiger partial charge on any atom is 0.387 e. The first-order chi connectivity index (χ1) is 18.8. The summed E-state index contributed by atoms with van der Waals surface area (Å²) in [5.41, 5.74) is 2.68. The molecule has 1 aliphatic carbocycles. The quantitative estimate of drug-likeness (QED) is 0.288. The summed E-state index contributed by atoms with van der Waals surface area (Å²) in [7, 11) is 0. The average Bonchev–Trinajstić information content (AvgIpc) is 3.60. The van der Waals surface area contributed by atoms with Crippen molar-refractivity contribution in [3.8, 4) is 16.9 Å². The van der Waals surface area contributed by atoms with Crippen LogP contribution in [0.15, 0.2) is 42.6 Å². The fraction of sp³-hybridized carbons (Fsp3) is 0.414. The number of piperidine rings is 1. The zero-order valence-corrected chi connectivity index (χ0v) is 21.0. The van der Waals surface area contributed by atoms with Crippen LogP contribution in [0.5, 0.6) is 5.75 Å². The number of rotatable bonds is 9. The number of alkyl halides is 2. The molecule has 2 bridgehead atoms. The van der Waals surface area contributed by atoms with Crippen LogP contribution in [-0.2, 0) is 11.3 Å². The number of para-hydroxylation sites is 1. The molecule has 206 valence electrons. The Morgan fingerprint density at radius 3 is 2.31 bits per heavy atom. The Kier molecular flexibility index (Phi) is 6.74. The van der Waals surface area contributed by atoms with Crippen molar-refractivity contribution in [2.75, 3.05) is 4.90 Å². The van der Waals surface area contributed by atoms with Crippen molar-refractivity contribution in [2.24, 2.45) is 0 Å². The van der Waals surface area contributed by atoms with Gasteiger partial charge in [0.05, 0.1) is 18.3 Å². The predicted molar refractivity (Wildman–Crippen MR) is 135 cm³/mol. The van der Waals surface area contributed by atoms with Crippen LogP contribution in [-0.4, -0.2) is 40.9 Å². The van der Waals surface area contributed by atoms with E-state index in [2.05, 4.69) is 4.98 Å². The third kappa shape index (κ3) is 4.97. The molecule has 3 aromatic rings. The van der Waals surface area contributed by atoms with Gasteiger partial charge in [0.2, 0.25) is 0 Å². The monoisotopic (exact) mass is 544 g/mol. The Hall–Kier alpha value is -3.53. The van der Waals surface area contributed by atoms with E-state index in [1.54, 1.807) is 23.1 Å². The highest BCUT2D eigenvalue weighted by Crippen LogP contribution is 2.46. The molecule has 2 saturated heterocycles. The van der Waals surface area contributed by atoms with Gasteiger partial charge in [0, 0.05) is 40.7 Å². The fourth-order valence-electron chi connectivity index (χ4n) is 6.25. The minimum atomic E-state index is -2.94. The molecule has 3 heterocycles. The number of hydrogen-bond acceptors (Lipinski definition) is 4. The van der Waals surface area contributed by atoms with Gasteiger partial charge in [-0.25, -0.2) is 13.6 Å². The highest BCUT2D eigenvalue weighted by atomic mass is 19.3. The van der Waals surface area contributed by atoms with E-state index >= 15 is 0 Å². The van der Waals surface area contributed by atoms with Gasteiger partial charge in [0.15, 0.2) is 0 Å². The van der Waals surface area contributed by atoms with Gasteiger partial charge in [-0.05, 0) is 62.6 Å². The molecule has 2 aromatic carbocycles. The number of halogens is 4. The molecule has 39 heavy (non-hydrogen) atoms. The van der Waals surface area contributed by atoms with Crippen molar-refractivity contribution in [3.63, 3.8) is 0 Å². The first kappa shape index (κ1) is 25.7. The number of carboxylic acids is 1. The molecule has 2 N–H and O–H groups in total. The third-order valence-electron chi connectivity index (χ3n) is 8.08. The van der Waals surface area contributed by atoms with Crippen LogP contribution >= 0.6 is 0 Å². The van der Waals surface area contributed by atoms with Crippen molar-refractivity contribution < 1.29 is 36.9 Å². The Bertz CT molecular complexity index is 1350. The Morgan fingerprint density at radius 1 is 1.03 bits per heavy atom. The predicted octanol–water partition coefficient (Wildman–Crippen LogP) is 6.85. The van der Waals surface area contributed by atoms with Crippen molar-refractivity contribution in [1.29, 1.82) is 0 Å². The molecule has 1 saturated carbocycles. The van der Waals surface area contributed by atoms with E-state index in [0.717, 1.165) is 54.6 Å². The molecule has 1 aromatic heterocycles. The van der Waals surface area contributed by atoms with Crippen LogP contribution in [0.3, 0.4) is 0 Å². The number of carboxylic acid groups (broad SMARTS) is 1. The van der Waals surface area contributed by atoms with E-state index < -0.39 is 29.8 Å². The number of benzene rings is 2. The van der Waals surface area contributed by atoms with Crippen molar-refractivity contribution >= 4 is 11.7 Å². The molecule has 10 heteroatoms. The summed E-state index contributed by atoms with van der Waals surface area (Å²) in [6.45, 7) is -2.67. The summed E-state index contributed by atoms with van der Waals surface area (Å²) < 4.78 is 67.0. The van der Waals surface area contributed by atoms with Gasteiger partial charge in [-0.1, -0.05) is 18.2 Å². The first-order valence-electron chi connectivity index (χ1n) is 13.2. The molecular formula is C29H28F4N2O4. The zero-order chi connectivity index (χ0) is 27.3. The van der Waals surface area contributed by atoms with Gasteiger partial charge in [-0.15, -0.1) is 0 Å². The lowest BCUT2D eigenvalue weighted by molar-refractivity contribution is -0.0494.